The molecular weight excluding hydrogens is 244 g/mol. The molecule has 2 aromatic rings. The van der Waals surface area contributed by atoms with Crippen molar-refractivity contribution < 1.29 is 0 Å². The Morgan fingerprint density at radius 1 is 1.06 bits per heavy atom. The maximum absolute atomic E-state index is 6.14. The smallest absolute Gasteiger partial charge is 0.0722 e. The van der Waals surface area contributed by atoms with Crippen LogP contribution in [0.25, 0.3) is 10.9 Å². The zero-order chi connectivity index (χ0) is 12.4. The molecule has 0 unspecified atom stereocenters. The normalized spacial score (nSPS) is 24.1. The number of anilines is 1. The number of benzene rings is 1. The van der Waals surface area contributed by atoms with E-state index < -0.39 is 0 Å². The van der Waals surface area contributed by atoms with Gasteiger partial charge in [-0.2, -0.15) is 0 Å². The third-order valence-electron chi connectivity index (χ3n) is 3.67. The van der Waals surface area contributed by atoms with E-state index in [4.69, 9.17) is 11.6 Å². The number of pyridine rings is 1. The molecule has 1 aliphatic rings. The zero-order valence-corrected chi connectivity index (χ0v) is 11.0. The second-order valence-corrected chi connectivity index (χ2v) is 5.59. The van der Waals surface area contributed by atoms with Gasteiger partial charge in [0.15, 0.2) is 0 Å². The lowest BCUT2D eigenvalue weighted by Crippen LogP contribution is -2.26. The molecule has 0 amide bonds. The summed E-state index contributed by atoms with van der Waals surface area (Å²) in [4.78, 5) is 4.39. The fourth-order valence-electron chi connectivity index (χ4n) is 2.64. The number of alkyl halides is 1. The first-order valence-corrected chi connectivity index (χ1v) is 7.01. The summed E-state index contributed by atoms with van der Waals surface area (Å²) in [6.45, 7) is 0. The van der Waals surface area contributed by atoms with E-state index in [1.54, 1.807) is 0 Å². The minimum atomic E-state index is 0.372. The molecule has 3 heteroatoms. The van der Waals surface area contributed by atoms with Crippen LogP contribution in [0.5, 0.6) is 0 Å². The molecule has 1 saturated carbocycles. The van der Waals surface area contributed by atoms with Crippen LogP contribution in [0, 0.1) is 0 Å². The molecule has 1 N–H and O–H groups in total. The summed E-state index contributed by atoms with van der Waals surface area (Å²) in [5.74, 6) is 0. The Morgan fingerprint density at radius 3 is 2.67 bits per heavy atom. The molecule has 0 bridgehead atoms. The van der Waals surface area contributed by atoms with Crippen LogP contribution in [0.15, 0.2) is 36.5 Å². The lowest BCUT2D eigenvalue weighted by Gasteiger charge is -2.27. The number of nitrogens with one attached hydrogen (secondary N) is 1. The molecule has 1 aromatic heterocycles. The molecule has 1 fully saturated rings. The van der Waals surface area contributed by atoms with Crippen molar-refractivity contribution in [3.63, 3.8) is 0 Å². The van der Waals surface area contributed by atoms with Crippen molar-refractivity contribution in [3.8, 4) is 0 Å². The summed E-state index contributed by atoms with van der Waals surface area (Å²) in [6, 6.07) is 10.9. The van der Waals surface area contributed by atoms with Crippen LogP contribution in [0.2, 0.25) is 0 Å². The van der Waals surface area contributed by atoms with Crippen LogP contribution < -0.4 is 5.32 Å². The third kappa shape index (κ3) is 2.44. The average molecular weight is 261 g/mol. The molecule has 1 aliphatic carbocycles. The predicted molar refractivity (Wildman–Crippen MR) is 77.3 cm³/mol. The van der Waals surface area contributed by atoms with Gasteiger partial charge in [-0.3, -0.25) is 4.98 Å². The van der Waals surface area contributed by atoms with Crippen LogP contribution in [-0.2, 0) is 0 Å². The van der Waals surface area contributed by atoms with Gasteiger partial charge in [0.25, 0.3) is 0 Å². The highest BCUT2D eigenvalue weighted by Gasteiger charge is 2.19. The summed E-state index contributed by atoms with van der Waals surface area (Å²) < 4.78 is 0. The van der Waals surface area contributed by atoms with E-state index in [1.165, 1.54) is 11.1 Å². The minimum Gasteiger partial charge on any atom is -0.382 e. The van der Waals surface area contributed by atoms with Crippen molar-refractivity contribution in [2.24, 2.45) is 0 Å². The standard InChI is InChI=1S/C15H17ClN2/c16-11-5-7-12(8-6-11)18-15-9-10-17-14-4-2-1-3-13(14)15/h1-4,9-12H,5-8H2,(H,17,18). The second-order valence-electron chi connectivity index (χ2n) is 4.97. The van der Waals surface area contributed by atoms with Crippen molar-refractivity contribution in [2.75, 3.05) is 5.32 Å². The van der Waals surface area contributed by atoms with E-state index in [1.807, 2.05) is 12.3 Å². The Kier molecular flexibility index (Phi) is 3.37. The molecule has 0 radical (unpaired) electrons. The largest absolute Gasteiger partial charge is 0.382 e. The summed E-state index contributed by atoms with van der Waals surface area (Å²) in [6.07, 6.45) is 6.41. The Hall–Kier alpha value is -1.28. The number of hydrogen-bond donors (Lipinski definition) is 1. The first-order valence-electron chi connectivity index (χ1n) is 6.57. The van der Waals surface area contributed by atoms with Crippen LogP contribution in [-0.4, -0.2) is 16.4 Å². The van der Waals surface area contributed by atoms with Crippen molar-refractivity contribution in [1.82, 2.24) is 4.98 Å². The van der Waals surface area contributed by atoms with Gasteiger partial charge in [0.1, 0.15) is 0 Å². The number of halogens is 1. The van der Waals surface area contributed by atoms with Gasteiger partial charge in [0, 0.05) is 28.7 Å². The third-order valence-corrected chi connectivity index (χ3v) is 4.10. The fourth-order valence-corrected chi connectivity index (χ4v) is 2.89. The molecule has 1 heterocycles. The van der Waals surface area contributed by atoms with Crippen molar-refractivity contribution in [3.05, 3.63) is 36.5 Å². The van der Waals surface area contributed by atoms with Gasteiger partial charge in [-0.15, -0.1) is 11.6 Å². The number of fused-ring (bicyclic) bond motifs is 1. The summed E-state index contributed by atoms with van der Waals surface area (Å²) in [5, 5.41) is 5.22. The van der Waals surface area contributed by atoms with Crippen LogP contribution in [0.1, 0.15) is 25.7 Å². The maximum Gasteiger partial charge on any atom is 0.0722 e. The van der Waals surface area contributed by atoms with Crippen molar-refractivity contribution >= 4 is 28.2 Å². The van der Waals surface area contributed by atoms with Crippen LogP contribution >= 0.6 is 11.6 Å². The maximum atomic E-state index is 6.14. The molecule has 18 heavy (non-hydrogen) atoms. The number of nitrogens with zero attached hydrogens (tertiary/aromatic N) is 1. The average Bonchev–Trinajstić information content (AvgIpc) is 2.42. The monoisotopic (exact) mass is 260 g/mol. The van der Waals surface area contributed by atoms with E-state index in [0.717, 1.165) is 31.2 Å². The van der Waals surface area contributed by atoms with Crippen molar-refractivity contribution in [1.29, 1.82) is 0 Å². The number of hydrogen-bond acceptors (Lipinski definition) is 2. The predicted octanol–water partition coefficient (Wildman–Crippen LogP) is 4.20. The van der Waals surface area contributed by atoms with E-state index >= 15 is 0 Å². The molecule has 3 rings (SSSR count). The summed E-state index contributed by atoms with van der Waals surface area (Å²) >= 11 is 6.14. The first-order chi connectivity index (χ1) is 8.83. The van der Waals surface area contributed by atoms with E-state index in [0.29, 0.717) is 11.4 Å². The van der Waals surface area contributed by atoms with E-state index in [9.17, 15) is 0 Å². The van der Waals surface area contributed by atoms with Gasteiger partial charge in [-0.25, -0.2) is 0 Å². The molecular formula is C15H17ClN2. The van der Waals surface area contributed by atoms with Crippen molar-refractivity contribution in [2.45, 2.75) is 37.1 Å². The number of aromatic nitrogens is 1. The lowest BCUT2D eigenvalue weighted by atomic mass is 9.94. The molecule has 0 spiro atoms. The van der Waals surface area contributed by atoms with Gasteiger partial charge in [-0.05, 0) is 37.8 Å². The number of rotatable bonds is 2. The Labute approximate surface area is 112 Å². The minimum absolute atomic E-state index is 0.372. The molecule has 0 aliphatic heterocycles. The van der Waals surface area contributed by atoms with E-state index in [2.05, 4.69) is 34.6 Å². The molecule has 1 aromatic carbocycles. The zero-order valence-electron chi connectivity index (χ0n) is 10.3. The lowest BCUT2D eigenvalue weighted by molar-refractivity contribution is 0.469. The highest BCUT2D eigenvalue weighted by Crippen LogP contribution is 2.28. The summed E-state index contributed by atoms with van der Waals surface area (Å²) in [5.41, 5.74) is 2.24. The van der Waals surface area contributed by atoms with Gasteiger partial charge in [0.05, 0.1) is 5.52 Å². The Balaban J connectivity index is 1.82. The van der Waals surface area contributed by atoms with Gasteiger partial charge in [-0.1, -0.05) is 18.2 Å². The Bertz CT molecular complexity index is 528. The van der Waals surface area contributed by atoms with Gasteiger partial charge in [0.2, 0.25) is 0 Å². The molecule has 0 atom stereocenters. The first kappa shape index (κ1) is 11.8. The quantitative estimate of drug-likeness (QED) is 0.819. The molecule has 94 valence electrons. The Morgan fingerprint density at radius 2 is 1.83 bits per heavy atom. The highest BCUT2D eigenvalue weighted by molar-refractivity contribution is 6.20. The molecule has 0 saturated heterocycles. The number of para-hydroxylation sites is 1. The SMILES string of the molecule is ClC1CCC(Nc2ccnc3ccccc23)CC1. The van der Waals surface area contributed by atoms with Crippen LogP contribution in [0.4, 0.5) is 5.69 Å². The fraction of sp³-hybridized carbons (Fsp3) is 0.400. The topological polar surface area (TPSA) is 24.9 Å². The van der Waals surface area contributed by atoms with Crippen LogP contribution in [0.3, 0.4) is 0 Å². The molecule has 2 nitrogen and oxygen atoms in total. The van der Waals surface area contributed by atoms with E-state index in [-0.39, 0.29) is 0 Å². The second kappa shape index (κ2) is 5.15. The summed E-state index contributed by atoms with van der Waals surface area (Å²) in [7, 11) is 0. The highest BCUT2D eigenvalue weighted by atomic mass is 35.5. The van der Waals surface area contributed by atoms with Gasteiger partial charge < -0.3 is 5.32 Å². The van der Waals surface area contributed by atoms with Gasteiger partial charge >= 0.3 is 0 Å².